The molecule has 0 aliphatic carbocycles. The number of carbonyl (C=O) groups is 1. The van der Waals surface area contributed by atoms with Crippen LogP contribution >= 0.6 is 0 Å². The van der Waals surface area contributed by atoms with Gasteiger partial charge in [0.2, 0.25) is 6.79 Å². The Labute approximate surface area is 140 Å². The van der Waals surface area contributed by atoms with Crippen molar-refractivity contribution < 1.29 is 19.0 Å². The zero-order valence-electron chi connectivity index (χ0n) is 13.3. The third kappa shape index (κ3) is 2.83. The van der Waals surface area contributed by atoms with Gasteiger partial charge in [-0.2, -0.15) is 0 Å². The van der Waals surface area contributed by atoms with Gasteiger partial charge in [-0.25, -0.2) is 0 Å². The highest BCUT2D eigenvalue weighted by Gasteiger charge is 2.30. The molecule has 1 amide bonds. The Morgan fingerprint density at radius 1 is 1.08 bits per heavy atom. The summed E-state index contributed by atoms with van der Waals surface area (Å²) in [6.45, 7) is 1.29. The predicted octanol–water partition coefficient (Wildman–Crippen LogP) is 3.13. The van der Waals surface area contributed by atoms with E-state index in [1.54, 1.807) is 4.90 Å². The summed E-state index contributed by atoms with van der Waals surface area (Å²) in [7, 11) is 0. The molecular weight excluding hydrogens is 306 g/mol. The molecule has 124 valence electrons. The van der Waals surface area contributed by atoms with Crippen molar-refractivity contribution >= 4 is 11.6 Å². The summed E-state index contributed by atoms with van der Waals surface area (Å²) >= 11 is 0. The van der Waals surface area contributed by atoms with Gasteiger partial charge >= 0.3 is 0 Å². The van der Waals surface area contributed by atoms with Crippen molar-refractivity contribution in [2.75, 3.05) is 18.3 Å². The summed E-state index contributed by atoms with van der Waals surface area (Å²) in [4.78, 5) is 14.8. The maximum atomic E-state index is 13.0. The average Bonchev–Trinajstić information content (AvgIpc) is 3.31. The number of fused-ring (bicyclic) bond motifs is 1. The molecule has 0 unspecified atom stereocenters. The summed E-state index contributed by atoms with van der Waals surface area (Å²) in [5.41, 5.74) is 1.79. The Balaban J connectivity index is 1.66. The van der Waals surface area contributed by atoms with Crippen molar-refractivity contribution in [1.82, 2.24) is 0 Å². The molecule has 24 heavy (non-hydrogen) atoms. The lowest BCUT2D eigenvalue weighted by Crippen LogP contribution is -2.38. The third-order valence-corrected chi connectivity index (χ3v) is 4.35. The smallest absolute Gasteiger partial charge is 0.256 e. The SMILES string of the molecule is O=C([C@H]1CCCO1)N(Cc1cccc2c1OCO2)c1ccccc1. The molecular formula is C19H19NO4. The minimum absolute atomic E-state index is 0.00443. The van der Waals surface area contributed by atoms with Crippen LogP contribution in [0.15, 0.2) is 48.5 Å². The number of hydrogen-bond donors (Lipinski definition) is 0. The van der Waals surface area contributed by atoms with Crippen LogP contribution in [0.5, 0.6) is 11.5 Å². The van der Waals surface area contributed by atoms with E-state index in [-0.39, 0.29) is 18.8 Å². The lowest BCUT2D eigenvalue weighted by Gasteiger charge is -2.26. The number of ether oxygens (including phenoxy) is 3. The van der Waals surface area contributed by atoms with Gasteiger partial charge in [0.05, 0.1) is 6.54 Å². The summed E-state index contributed by atoms with van der Waals surface area (Å²) in [6.07, 6.45) is 1.34. The van der Waals surface area contributed by atoms with Crippen LogP contribution in [0.2, 0.25) is 0 Å². The second kappa shape index (κ2) is 6.53. The predicted molar refractivity (Wildman–Crippen MR) is 89.2 cm³/mol. The Hall–Kier alpha value is -2.53. The van der Waals surface area contributed by atoms with Crippen LogP contribution in [0.3, 0.4) is 0 Å². The molecule has 0 radical (unpaired) electrons. The fourth-order valence-corrected chi connectivity index (χ4v) is 3.14. The van der Waals surface area contributed by atoms with Gasteiger partial charge < -0.3 is 19.1 Å². The molecule has 2 aliphatic heterocycles. The van der Waals surface area contributed by atoms with Crippen molar-refractivity contribution in [3.63, 3.8) is 0 Å². The van der Waals surface area contributed by atoms with E-state index in [0.717, 1.165) is 35.6 Å². The number of benzene rings is 2. The number of anilines is 1. The average molecular weight is 325 g/mol. The van der Waals surface area contributed by atoms with E-state index >= 15 is 0 Å². The zero-order valence-corrected chi connectivity index (χ0v) is 13.3. The van der Waals surface area contributed by atoms with Crippen LogP contribution in [0.25, 0.3) is 0 Å². The maximum absolute atomic E-state index is 13.0. The normalized spacial score (nSPS) is 18.6. The van der Waals surface area contributed by atoms with Crippen molar-refractivity contribution in [2.24, 2.45) is 0 Å². The first-order chi connectivity index (χ1) is 11.8. The summed E-state index contributed by atoms with van der Waals surface area (Å²) in [6, 6.07) is 15.4. The van der Waals surface area contributed by atoms with Crippen LogP contribution in [-0.2, 0) is 16.1 Å². The Morgan fingerprint density at radius 2 is 1.96 bits per heavy atom. The molecule has 2 aromatic rings. The highest BCUT2D eigenvalue weighted by Crippen LogP contribution is 2.36. The van der Waals surface area contributed by atoms with E-state index in [1.807, 2.05) is 48.5 Å². The molecule has 0 bridgehead atoms. The first-order valence-corrected chi connectivity index (χ1v) is 8.18. The summed E-state index contributed by atoms with van der Waals surface area (Å²) in [5.74, 6) is 1.44. The van der Waals surface area contributed by atoms with Crippen LogP contribution < -0.4 is 14.4 Å². The fraction of sp³-hybridized carbons (Fsp3) is 0.316. The van der Waals surface area contributed by atoms with Crippen molar-refractivity contribution in [1.29, 1.82) is 0 Å². The maximum Gasteiger partial charge on any atom is 0.256 e. The van der Waals surface area contributed by atoms with Crippen LogP contribution in [0.4, 0.5) is 5.69 Å². The Kier molecular flexibility index (Phi) is 4.09. The molecule has 1 fully saturated rings. The van der Waals surface area contributed by atoms with E-state index in [1.165, 1.54) is 0 Å². The van der Waals surface area contributed by atoms with Gasteiger partial charge in [0.15, 0.2) is 11.5 Å². The largest absolute Gasteiger partial charge is 0.454 e. The molecule has 2 aliphatic rings. The standard InChI is InChI=1S/C19H19NO4/c21-19(17-10-5-11-22-17)20(15-7-2-1-3-8-15)12-14-6-4-9-16-18(14)24-13-23-16/h1-4,6-9,17H,5,10-13H2/t17-/m1/s1. The summed E-state index contributed by atoms with van der Waals surface area (Å²) < 4.78 is 16.6. The first-order valence-electron chi connectivity index (χ1n) is 8.18. The lowest BCUT2D eigenvalue weighted by atomic mass is 10.1. The number of rotatable bonds is 4. The molecule has 0 saturated carbocycles. The second-order valence-corrected chi connectivity index (χ2v) is 5.91. The van der Waals surface area contributed by atoms with Gasteiger partial charge in [0, 0.05) is 17.9 Å². The molecule has 1 atom stereocenters. The molecule has 4 rings (SSSR count). The van der Waals surface area contributed by atoms with Gasteiger partial charge in [0.1, 0.15) is 6.10 Å². The van der Waals surface area contributed by atoms with Gasteiger partial charge in [0.25, 0.3) is 5.91 Å². The van der Waals surface area contributed by atoms with E-state index < -0.39 is 0 Å². The number of carbonyl (C=O) groups excluding carboxylic acids is 1. The molecule has 1 saturated heterocycles. The molecule has 2 heterocycles. The molecule has 2 aromatic carbocycles. The van der Waals surface area contributed by atoms with Gasteiger partial charge in [-0.15, -0.1) is 0 Å². The van der Waals surface area contributed by atoms with E-state index in [4.69, 9.17) is 14.2 Å². The van der Waals surface area contributed by atoms with Crippen molar-refractivity contribution in [3.05, 3.63) is 54.1 Å². The quantitative estimate of drug-likeness (QED) is 0.866. The number of amides is 1. The zero-order chi connectivity index (χ0) is 16.4. The highest BCUT2D eigenvalue weighted by atomic mass is 16.7. The minimum atomic E-state index is -0.362. The molecule has 0 N–H and O–H groups in total. The monoisotopic (exact) mass is 325 g/mol. The Bertz CT molecular complexity index is 725. The van der Waals surface area contributed by atoms with Gasteiger partial charge in [-0.3, -0.25) is 4.79 Å². The fourth-order valence-electron chi connectivity index (χ4n) is 3.14. The Morgan fingerprint density at radius 3 is 2.75 bits per heavy atom. The molecule has 0 aromatic heterocycles. The van der Waals surface area contributed by atoms with Crippen LogP contribution in [0, 0.1) is 0 Å². The van der Waals surface area contributed by atoms with E-state index in [0.29, 0.717) is 13.2 Å². The number of hydrogen-bond acceptors (Lipinski definition) is 4. The first kappa shape index (κ1) is 15.0. The lowest BCUT2D eigenvalue weighted by molar-refractivity contribution is -0.127. The second-order valence-electron chi connectivity index (χ2n) is 5.91. The van der Waals surface area contributed by atoms with Crippen LogP contribution in [0.1, 0.15) is 18.4 Å². The van der Waals surface area contributed by atoms with Gasteiger partial charge in [-0.05, 0) is 31.0 Å². The van der Waals surface area contributed by atoms with E-state index in [2.05, 4.69) is 0 Å². The highest BCUT2D eigenvalue weighted by molar-refractivity contribution is 5.96. The topological polar surface area (TPSA) is 48.0 Å². The summed E-state index contributed by atoms with van der Waals surface area (Å²) in [5, 5.41) is 0. The molecule has 5 nitrogen and oxygen atoms in total. The van der Waals surface area contributed by atoms with Gasteiger partial charge in [-0.1, -0.05) is 30.3 Å². The van der Waals surface area contributed by atoms with Crippen LogP contribution in [-0.4, -0.2) is 25.4 Å². The number of nitrogens with zero attached hydrogens (tertiary/aromatic N) is 1. The third-order valence-electron chi connectivity index (χ3n) is 4.35. The number of para-hydroxylation sites is 2. The van der Waals surface area contributed by atoms with Crippen molar-refractivity contribution in [3.8, 4) is 11.5 Å². The van der Waals surface area contributed by atoms with Crippen molar-refractivity contribution in [2.45, 2.75) is 25.5 Å². The molecule has 5 heteroatoms. The minimum Gasteiger partial charge on any atom is -0.454 e. The van der Waals surface area contributed by atoms with E-state index in [9.17, 15) is 4.79 Å². The molecule has 0 spiro atoms.